The van der Waals surface area contributed by atoms with Gasteiger partial charge in [-0.05, 0) is 56.1 Å². The summed E-state index contributed by atoms with van der Waals surface area (Å²) >= 11 is 0. The van der Waals surface area contributed by atoms with E-state index in [2.05, 4.69) is 35.2 Å². The summed E-state index contributed by atoms with van der Waals surface area (Å²) in [7, 11) is 1.95. The first-order valence-electron chi connectivity index (χ1n) is 6.41. The van der Waals surface area contributed by atoms with Gasteiger partial charge in [-0.25, -0.2) is 4.98 Å². The number of aromatic nitrogens is 2. The van der Waals surface area contributed by atoms with E-state index in [9.17, 15) is 0 Å². The topological polar surface area (TPSA) is 63.8 Å². The minimum absolute atomic E-state index is 0.183. The van der Waals surface area contributed by atoms with Crippen molar-refractivity contribution in [1.82, 2.24) is 15.3 Å². The zero-order valence-electron chi connectivity index (χ0n) is 11.6. The molecule has 4 heteroatoms. The Balaban J connectivity index is 2.25. The molecule has 0 spiro atoms. The van der Waals surface area contributed by atoms with Crippen molar-refractivity contribution in [3.8, 4) is 0 Å². The van der Waals surface area contributed by atoms with Crippen LogP contribution in [0.5, 0.6) is 0 Å². The number of nitrogens with zero attached hydrogens (tertiary/aromatic N) is 2. The number of nitrogens with one attached hydrogen (secondary N) is 1. The molecule has 3 N–H and O–H groups in total. The number of nitrogens with two attached hydrogens (primary N) is 1. The average Bonchev–Trinajstić information content (AvgIpc) is 2.37. The minimum atomic E-state index is 0.183. The van der Waals surface area contributed by atoms with E-state index >= 15 is 0 Å². The third kappa shape index (κ3) is 3.29. The van der Waals surface area contributed by atoms with Gasteiger partial charge < -0.3 is 11.1 Å². The Morgan fingerprint density at radius 2 is 2.05 bits per heavy atom. The third-order valence-electron chi connectivity index (χ3n) is 3.22. The van der Waals surface area contributed by atoms with Crippen molar-refractivity contribution in [3.63, 3.8) is 0 Å². The summed E-state index contributed by atoms with van der Waals surface area (Å²) < 4.78 is 0. The Hall–Kier alpha value is -1.94. The summed E-state index contributed by atoms with van der Waals surface area (Å²) in [5.74, 6) is 0.556. The summed E-state index contributed by atoms with van der Waals surface area (Å²) in [5.41, 5.74) is 10.4. The fraction of sp³-hybridized carbons (Fsp3) is 0.333. The maximum Gasteiger partial charge on any atom is 0.123 e. The summed E-state index contributed by atoms with van der Waals surface area (Å²) in [5, 5.41) is 3.32. The van der Waals surface area contributed by atoms with Crippen molar-refractivity contribution >= 4 is 5.82 Å². The Bertz CT molecular complexity index is 566. The van der Waals surface area contributed by atoms with Gasteiger partial charge in [0.25, 0.3) is 0 Å². The van der Waals surface area contributed by atoms with E-state index in [-0.39, 0.29) is 6.04 Å². The highest BCUT2D eigenvalue weighted by atomic mass is 14.9. The van der Waals surface area contributed by atoms with Crippen LogP contribution in [-0.4, -0.2) is 17.0 Å². The lowest BCUT2D eigenvalue weighted by Crippen LogP contribution is -2.21. The molecule has 2 rings (SSSR count). The highest BCUT2D eigenvalue weighted by Gasteiger charge is 2.14. The molecule has 1 unspecified atom stereocenters. The molecule has 0 amide bonds. The highest BCUT2D eigenvalue weighted by Crippen LogP contribution is 2.20. The number of anilines is 1. The SMILES string of the molecule is CNC(Cc1ccnc(N)c1)c1ncc(C)cc1C. The molecule has 0 aromatic carbocycles. The van der Waals surface area contributed by atoms with Crippen LogP contribution in [-0.2, 0) is 6.42 Å². The van der Waals surface area contributed by atoms with E-state index in [0.717, 1.165) is 17.7 Å². The van der Waals surface area contributed by atoms with Crippen LogP contribution in [0.2, 0.25) is 0 Å². The molecule has 0 fully saturated rings. The molecule has 0 aliphatic carbocycles. The van der Waals surface area contributed by atoms with Crippen LogP contribution in [0.3, 0.4) is 0 Å². The molecule has 1 atom stereocenters. The summed E-state index contributed by atoms with van der Waals surface area (Å²) in [6, 6.07) is 6.24. The lowest BCUT2D eigenvalue weighted by Gasteiger charge is -2.18. The Kier molecular flexibility index (Phi) is 4.12. The molecule has 0 radical (unpaired) electrons. The molecule has 100 valence electrons. The fourth-order valence-electron chi connectivity index (χ4n) is 2.28. The standard InChI is InChI=1S/C15H20N4/c1-10-6-11(2)15(19-9-10)13(17-3)7-12-4-5-18-14(16)8-12/h4-6,8-9,13,17H,7H2,1-3H3,(H2,16,18). The second-order valence-electron chi connectivity index (χ2n) is 4.85. The van der Waals surface area contributed by atoms with Crippen LogP contribution in [0.1, 0.15) is 28.4 Å². The Morgan fingerprint density at radius 3 is 2.68 bits per heavy atom. The molecule has 4 nitrogen and oxygen atoms in total. The second-order valence-corrected chi connectivity index (χ2v) is 4.85. The number of hydrogen-bond acceptors (Lipinski definition) is 4. The van der Waals surface area contributed by atoms with Crippen LogP contribution in [0, 0.1) is 13.8 Å². The number of likely N-dealkylation sites (N-methyl/N-ethyl adjacent to an activating group) is 1. The first-order valence-corrected chi connectivity index (χ1v) is 6.41. The molecule has 0 saturated carbocycles. The average molecular weight is 256 g/mol. The summed E-state index contributed by atoms with van der Waals surface area (Å²) in [6.45, 7) is 4.16. The van der Waals surface area contributed by atoms with Crippen molar-refractivity contribution in [2.75, 3.05) is 12.8 Å². The van der Waals surface area contributed by atoms with Crippen LogP contribution in [0.25, 0.3) is 0 Å². The van der Waals surface area contributed by atoms with E-state index in [1.807, 2.05) is 25.4 Å². The third-order valence-corrected chi connectivity index (χ3v) is 3.22. The summed E-state index contributed by atoms with van der Waals surface area (Å²) in [6.07, 6.45) is 4.50. The van der Waals surface area contributed by atoms with Gasteiger partial charge in [-0.15, -0.1) is 0 Å². The smallest absolute Gasteiger partial charge is 0.123 e. The lowest BCUT2D eigenvalue weighted by atomic mass is 10.00. The lowest BCUT2D eigenvalue weighted by molar-refractivity contribution is 0.572. The van der Waals surface area contributed by atoms with Crippen molar-refractivity contribution in [2.24, 2.45) is 0 Å². The van der Waals surface area contributed by atoms with Gasteiger partial charge >= 0.3 is 0 Å². The van der Waals surface area contributed by atoms with Crippen LogP contribution < -0.4 is 11.1 Å². The van der Waals surface area contributed by atoms with Gasteiger partial charge in [-0.2, -0.15) is 0 Å². The zero-order chi connectivity index (χ0) is 13.8. The normalized spacial score (nSPS) is 12.4. The van der Waals surface area contributed by atoms with Gasteiger partial charge in [0.05, 0.1) is 11.7 Å². The molecule has 2 aromatic rings. The van der Waals surface area contributed by atoms with E-state index in [1.54, 1.807) is 6.20 Å². The van der Waals surface area contributed by atoms with E-state index < -0.39 is 0 Å². The molecule has 19 heavy (non-hydrogen) atoms. The number of rotatable bonds is 4. The molecule has 2 aromatic heterocycles. The van der Waals surface area contributed by atoms with Gasteiger partial charge in [0.15, 0.2) is 0 Å². The monoisotopic (exact) mass is 256 g/mol. The Morgan fingerprint density at radius 1 is 1.26 bits per heavy atom. The molecular formula is C15H20N4. The van der Waals surface area contributed by atoms with Gasteiger partial charge in [0.2, 0.25) is 0 Å². The number of pyridine rings is 2. The number of aryl methyl sites for hydroxylation is 2. The van der Waals surface area contributed by atoms with Gasteiger partial charge in [-0.1, -0.05) is 6.07 Å². The van der Waals surface area contributed by atoms with Crippen molar-refractivity contribution in [2.45, 2.75) is 26.3 Å². The first kappa shape index (κ1) is 13.5. The molecule has 0 bridgehead atoms. The summed E-state index contributed by atoms with van der Waals surface area (Å²) in [4.78, 5) is 8.57. The number of nitrogen functional groups attached to an aromatic ring is 1. The van der Waals surface area contributed by atoms with Crippen molar-refractivity contribution < 1.29 is 0 Å². The molecule has 0 saturated heterocycles. The maximum absolute atomic E-state index is 5.72. The van der Waals surface area contributed by atoms with Crippen molar-refractivity contribution in [3.05, 3.63) is 53.0 Å². The maximum atomic E-state index is 5.72. The van der Waals surface area contributed by atoms with E-state index in [1.165, 1.54) is 11.1 Å². The number of hydrogen-bond donors (Lipinski definition) is 2. The zero-order valence-corrected chi connectivity index (χ0v) is 11.6. The fourth-order valence-corrected chi connectivity index (χ4v) is 2.28. The van der Waals surface area contributed by atoms with Crippen LogP contribution >= 0.6 is 0 Å². The van der Waals surface area contributed by atoms with Crippen LogP contribution in [0.15, 0.2) is 30.6 Å². The molecule has 2 heterocycles. The predicted octanol–water partition coefficient (Wildman–Crippen LogP) is 2.18. The quantitative estimate of drug-likeness (QED) is 0.880. The van der Waals surface area contributed by atoms with E-state index in [0.29, 0.717) is 5.82 Å². The van der Waals surface area contributed by atoms with Crippen molar-refractivity contribution in [1.29, 1.82) is 0 Å². The van der Waals surface area contributed by atoms with Gasteiger partial charge in [-0.3, -0.25) is 4.98 Å². The second kappa shape index (κ2) is 5.80. The highest BCUT2D eigenvalue weighted by molar-refractivity contribution is 5.33. The minimum Gasteiger partial charge on any atom is -0.384 e. The Labute approximate surface area is 114 Å². The molecule has 0 aliphatic rings. The van der Waals surface area contributed by atoms with Crippen LogP contribution in [0.4, 0.5) is 5.82 Å². The van der Waals surface area contributed by atoms with Gasteiger partial charge in [0, 0.05) is 12.4 Å². The molecular weight excluding hydrogens is 236 g/mol. The predicted molar refractivity (Wildman–Crippen MR) is 77.9 cm³/mol. The van der Waals surface area contributed by atoms with Gasteiger partial charge in [0.1, 0.15) is 5.82 Å². The largest absolute Gasteiger partial charge is 0.384 e. The molecule has 0 aliphatic heterocycles. The van der Waals surface area contributed by atoms with E-state index in [4.69, 9.17) is 5.73 Å². The first-order chi connectivity index (χ1) is 9.10.